The van der Waals surface area contributed by atoms with Crippen LogP contribution in [0.5, 0.6) is 0 Å². The van der Waals surface area contributed by atoms with Gasteiger partial charge in [-0.3, -0.25) is 0 Å². The van der Waals surface area contributed by atoms with Crippen molar-refractivity contribution >= 4 is 11.6 Å². The molecule has 22 heavy (non-hydrogen) atoms. The van der Waals surface area contributed by atoms with E-state index in [2.05, 4.69) is 6.92 Å². The molecule has 0 radical (unpaired) electrons. The molecule has 0 aromatic heterocycles. The lowest BCUT2D eigenvalue weighted by atomic mass is 9.63. The van der Waals surface area contributed by atoms with Crippen LogP contribution in [-0.2, 0) is 0 Å². The largest absolute Gasteiger partial charge is 0.205 e. The molecule has 0 unspecified atom stereocenters. The smallest absolute Gasteiger partial charge is 0.145 e. The number of halogens is 3. The molecule has 0 nitrogen and oxygen atoms in total. The molecule has 0 spiro atoms. The van der Waals surface area contributed by atoms with E-state index in [4.69, 9.17) is 11.6 Å². The van der Waals surface area contributed by atoms with Gasteiger partial charge < -0.3 is 0 Å². The summed E-state index contributed by atoms with van der Waals surface area (Å²) < 4.78 is 27.4. The van der Waals surface area contributed by atoms with Crippen molar-refractivity contribution in [2.75, 3.05) is 0 Å². The first-order valence-electron chi connectivity index (χ1n) is 8.72. The topological polar surface area (TPSA) is 0 Å². The van der Waals surface area contributed by atoms with Crippen LogP contribution < -0.4 is 0 Å². The Hall–Kier alpha value is -0.630. The zero-order valence-electron chi connectivity index (χ0n) is 13.3. The number of benzene rings is 1. The van der Waals surface area contributed by atoms with E-state index >= 15 is 0 Å². The van der Waals surface area contributed by atoms with Crippen molar-refractivity contribution in [1.29, 1.82) is 0 Å². The van der Waals surface area contributed by atoms with Gasteiger partial charge in [0, 0.05) is 0 Å². The summed E-state index contributed by atoms with van der Waals surface area (Å²) in [6.45, 7) is 2.27. The minimum absolute atomic E-state index is 0.297. The van der Waals surface area contributed by atoms with Crippen molar-refractivity contribution in [3.8, 4) is 0 Å². The van der Waals surface area contributed by atoms with Crippen molar-refractivity contribution in [2.45, 2.75) is 64.2 Å². The number of rotatable bonds is 3. The van der Waals surface area contributed by atoms with Gasteiger partial charge in [0.25, 0.3) is 0 Å². The van der Waals surface area contributed by atoms with Crippen LogP contribution in [0.2, 0.25) is 5.02 Å². The molecule has 1 aromatic rings. The van der Waals surface area contributed by atoms with E-state index in [0.717, 1.165) is 36.2 Å². The van der Waals surface area contributed by atoms with E-state index < -0.39 is 11.6 Å². The lowest BCUT2D eigenvalue weighted by molar-refractivity contribution is 0.114. The average molecular weight is 327 g/mol. The van der Waals surface area contributed by atoms with Crippen LogP contribution in [0.15, 0.2) is 12.1 Å². The minimum atomic E-state index is -0.620. The summed E-state index contributed by atoms with van der Waals surface area (Å²) in [4.78, 5) is 0. The van der Waals surface area contributed by atoms with Gasteiger partial charge in [-0.05, 0) is 73.5 Å². The van der Waals surface area contributed by atoms with Crippen LogP contribution in [0.1, 0.15) is 69.8 Å². The summed E-state index contributed by atoms with van der Waals surface area (Å²) in [5.41, 5.74) is 0.800. The van der Waals surface area contributed by atoms with Crippen LogP contribution in [-0.4, -0.2) is 0 Å². The Morgan fingerprint density at radius 2 is 1.64 bits per heavy atom. The Morgan fingerprint density at radius 1 is 1.00 bits per heavy atom. The molecule has 0 N–H and O–H groups in total. The normalized spacial score (nSPS) is 31.8. The van der Waals surface area contributed by atoms with Gasteiger partial charge in [-0.2, -0.15) is 0 Å². The van der Waals surface area contributed by atoms with E-state index in [1.54, 1.807) is 0 Å². The molecular weight excluding hydrogens is 302 g/mol. The fourth-order valence-corrected chi connectivity index (χ4v) is 4.88. The molecular formula is C19H25ClF2. The van der Waals surface area contributed by atoms with Crippen molar-refractivity contribution in [1.82, 2.24) is 0 Å². The number of hydrogen-bond donors (Lipinski definition) is 0. The molecule has 1 aromatic carbocycles. The molecule has 4 atom stereocenters. The van der Waals surface area contributed by atoms with Crippen LogP contribution in [0, 0.1) is 29.4 Å². The Kier molecular flexibility index (Phi) is 5.07. The van der Waals surface area contributed by atoms with Crippen LogP contribution in [0.25, 0.3) is 0 Å². The predicted octanol–water partition coefficient (Wildman–Crippen LogP) is 6.72. The van der Waals surface area contributed by atoms with Crippen molar-refractivity contribution < 1.29 is 8.78 Å². The van der Waals surface area contributed by atoms with E-state index in [1.165, 1.54) is 50.7 Å². The first kappa shape index (κ1) is 16.2. The molecule has 0 amide bonds. The molecule has 0 heterocycles. The summed E-state index contributed by atoms with van der Waals surface area (Å²) in [6.07, 6.45) is 10.0. The van der Waals surface area contributed by atoms with E-state index in [-0.39, 0.29) is 5.02 Å². The third kappa shape index (κ3) is 3.32. The number of fused-ring (bicyclic) bond motifs is 1. The highest BCUT2D eigenvalue weighted by Gasteiger charge is 2.36. The molecule has 2 saturated carbocycles. The maximum absolute atomic E-state index is 13.7. The van der Waals surface area contributed by atoms with E-state index in [1.807, 2.05) is 0 Å². The van der Waals surface area contributed by atoms with Crippen molar-refractivity contribution in [2.24, 2.45) is 17.8 Å². The van der Waals surface area contributed by atoms with Gasteiger partial charge in [0.05, 0.1) is 0 Å². The molecule has 3 heteroatoms. The third-order valence-corrected chi connectivity index (χ3v) is 6.26. The van der Waals surface area contributed by atoms with Gasteiger partial charge in [-0.1, -0.05) is 37.8 Å². The number of hydrogen-bond acceptors (Lipinski definition) is 0. The maximum atomic E-state index is 13.7. The zero-order chi connectivity index (χ0) is 15.7. The molecule has 0 saturated heterocycles. The highest BCUT2D eigenvalue weighted by Crippen LogP contribution is 2.48. The summed E-state index contributed by atoms with van der Waals surface area (Å²) >= 11 is 5.59. The fraction of sp³-hybridized carbons (Fsp3) is 0.684. The van der Waals surface area contributed by atoms with Gasteiger partial charge in [0.15, 0.2) is 0 Å². The quantitative estimate of drug-likeness (QED) is 0.541. The van der Waals surface area contributed by atoms with Crippen LogP contribution in [0.3, 0.4) is 0 Å². The summed E-state index contributed by atoms with van der Waals surface area (Å²) in [6, 6.07) is 2.89. The van der Waals surface area contributed by atoms with Gasteiger partial charge in [0.2, 0.25) is 0 Å². The molecule has 3 rings (SSSR count). The van der Waals surface area contributed by atoms with Gasteiger partial charge in [0.1, 0.15) is 16.7 Å². The lowest BCUT2D eigenvalue weighted by Crippen LogP contribution is -2.30. The molecule has 2 fully saturated rings. The first-order valence-corrected chi connectivity index (χ1v) is 9.10. The van der Waals surface area contributed by atoms with Crippen molar-refractivity contribution in [3.05, 3.63) is 34.4 Å². The van der Waals surface area contributed by atoms with E-state index in [9.17, 15) is 8.78 Å². The average Bonchev–Trinajstić information content (AvgIpc) is 2.52. The van der Waals surface area contributed by atoms with Crippen LogP contribution >= 0.6 is 11.6 Å². The van der Waals surface area contributed by atoms with Crippen LogP contribution in [0.4, 0.5) is 8.78 Å². The highest BCUT2D eigenvalue weighted by molar-refractivity contribution is 6.30. The Balaban J connectivity index is 1.68. The SMILES string of the molecule is CCC[C@@H]1CC[C@@H]2C[C@H](c3cc(F)c(Cl)c(F)c3)CC[C@@H]2C1. The third-order valence-electron chi connectivity index (χ3n) is 5.90. The molecule has 2 aliphatic carbocycles. The Labute approximate surface area is 137 Å². The summed E-state index contributed by atoms with van der Waals surface area (Å²) in [5.74, 6) is 1.55. The second-order valence-electron chi connectivity index (χ2n) is 7.30. The Bertz CT molecular complexity index is 505. The minimum Gasteiger partial charge on any atom is -0.205 e. The highest BCUT2D eigenvalue weighted by atomic mass is 35.5. The maximum Gasteiger partial charge on any atom is 0.145 e. The summed E-state index contributed by atoms with van der Waals surface area (Å²) in [7, 11) is 0. The van der Waals surface area contributed by atoms with E-state index in [0.29, 0.717) is 5.92 Å². The predicted molar refractivity (Wildman–Crippen MR) is 87.2 cm³/mol. The standard InChI is InChI=1S/C19H25ClF2/c1-2-3-12-4-5-14-9-15(7-6-13(14)8-12)16-10-17(21)19(20)18(22)11-16/h10-15H,2-9H2,1H3/t12-,13-,14-,15-/m1/s1. The second kappa shape index (κ2) is 6.86. The molecule has 2 aliphatic rings. The zero-order valence-corrected chi connectivity index (χ0v) is 14.0. The second-order valence-corrected chi connectivity index (χ2v) is 7.67. The van der Waals surface area contributed by atoms with Gasteiger partial charge in [-0.15, -0.1) is 0 Å². The molecule has 0 bridgehead atoms. The van der Waals surface area contributed by atoms with Gasteiger partial charge >= 0.3 is 0 Å². The fourth-order valence-electron chi connectivity index (χ4n) is 4.77. The first-order chi connectivity index (χ1) is 10.6. The molecule has 122 valence electrons. The van der Waals surface area contributed by atoms with Gasteiger partial charge in [-0.25, -0.2) is 8.78 Å². The van der Waals surface area contributed by atoms with Crippen molar-refractivity contribution in [3.63, 3.8) is 0 Å². The monoisotopic (exact) mass is 326 g/mol. The lowest BCUT2D eigenvalue weighted by Gasteiger charge is -2.42. The summed E-state index contributed by atoms with van der Waals surface area (Å²) in [5, 5.41) is -0.377. The molecule has 0 aliphatic heterocycles. The Morgan fingerprint density at radius 3 is 2.32 bits per heavy atom.